The van der Waals surface area contributed by atoms with Crippen LogP contribution in [0, 0.1) is 18.6 Å². The summed E-state index contributed by atoms with van der Waals surface area (Å²) in [5, 5.41) is 5.44. The van der Waals surface area contributed by atoms with Crippen molar-refractivity contribution < 1.29 is 27.4 Å². The molecule has 7 nitrogen and oxygen atoms in total. The molecule has 0 radical (unpaired) electrons. The van der Waals surface area contributed by atoms with Crippen LogP contribution in [0.15, 0.2) is 72.8 Å². The third-order valence-corrected chi connectivity index (χ3v) is 6.90. The Bertz CT molecular complexity index is 1360. The summed E-state index contributed by atoms with van der Waals surface area (Å²) in [6.45, 7) is 7.29. The minimum atomic E-state index is -1.92. The maximum Gasteiger partial charge on any atom is 0.247 e. The summed E-state index contributed by atoms with van der Waals surface area (Å²) in [4.78, 5) is 41.0. The summed E-state index contributed by atoms with van der Waals surface area (Å²) >= 11 is 0. The maximum absolute atomic E-state index is 13.7. The lowest BCUT2D eigenvalue weighted by Crippen LogP contribution is -2.50. The van der Waals surface area contributed by atoms with Crippen molar-refractivity contribution in [1.29, 1.82) is 0 Å². The summed E-state index contributed by atoms with van der Waals surface area (Å²) < 4.78 is 39.6. The molecule has 0 bridgehead atoms. The monoisotopic (exact) mass is 569 g/mol. The van der Waals surface area contributed by atoms with Crippen molar-refractivity contribution in [2.75, 3.05) is 16.8 Å². The van der Waals surface area contributed by atoms with E-state index in [0.29, 0.717) is 16.8 Å². The predicted molar refractivity (Wildman–Crippen MR) is 152 cm³/mol. The second kappa shape index (κ2) is 13.4. The van der Waals surface area contributed by atoms with Gasteiger partial charge in [0.05, 0.1) is 0 Å². The highest BCUT2D eigenvalue weighted by Crippen LogP contribution is 2.26. The molecule has 212 valence electrons. The molecule has 40 heavy (non-hydrogen) atoms. The highest BCUT2D eigenvalue weighted by atomic mass is 32.2. The van der Waals surface area contributed by atoms with E-state index < -0.39 is 63.2 Å². The van der Waals surface area contributed by atoms with Crippen LogP contribution in [-0.4, -0.2) is 43.9 Å². The van der Waals surface area contributed by atoms with Crippen molar-refractivity contribution in [2.45, 2.75) is 45.8 Å². The minimum absolute atomic E-state index is 0.0613. The lowest BCUT2D eigenvalue weighted by Gasteiger charge is -2.34. The van der Waals surface area contributed by atoms with Crippen LogP contribution in [0.1, 0.15) is 43.5 Å². The van der Waals surface area contributed by atoms with Gasteiger partial charge in [0.25, 0.3) is 0 Å². The number of rotatable bonds is 10. The fourth-order valence-electron chi connectivity index (χ4n) is 3.92. The number of hydrogen-bond donors (Lipinski definition) is 2. The molecule has 2 atom stereocenters. The smallest absolute Gasteiger partial charge is 0.247 e. The van der Waals surface area contributed by atoms with E-state index >= 15 is 0 Å². The van der Waals surface area contributed by atoms with Crippen LogP contribution in [0.4, 0.5) is 14.5 Å². The summed E-state index contributed by atoms with van der Waals surface area (Å²) in [6.07, 6.45) is 0. The Morgan fingerprint density at radius 2 is 1.40 bits per heavy atom. The molecule has 0 heterocycles. The van der Waals surface area contributed by atoms with Gasteiger partial charge in [0, 0.05) is 28.6 Å². The second-order valence-corrected chi connectivity index (χ2v) is 11.9. The van der Waals surface area contributed by atoms with Crippen LogP contribution in [0.5, 0.6) is 0 Å². The highest BCUT2D eigenvalue weighted by Gasteiger charge is 2.34. The zero-order valence-corrected chi connectivity index (χ0v) is 23.7. The molecule has 0 fully saturated rings. The number of aryl methyl sites for hydroxylation is 1. The molecule has 3 aromatic carbocycles. The molecule has 3 aromatic rings. The molecule has 2 N–H and O–H groups in total. The molecule has 3 amide bonds. The Hall–Kier alpha value is -3.92. The standard InChI is InChI=1S/C30H33F2N3O4S/c1-20-5-9-22(10-6-20)28(29(38)34-30(2,3)4)35(17-21-7-11-23(31)12-8-21)27(37)19-40(39)18-26(36)33-25-15-13-24(32)14-16-25/h5-16,28H,17-19H2,1-4H3,(H,33,36)(H,34,38)/t28-,40-/m1/s1. The van der Waals surface area contributed by atoms with E-state index in [4.69, 9.17) is 0 Å². The van der Waals surface area contributed by atoms with Gasteiger partial charge in [0.15, 0.2) is 0 Å². The first-order chi connectivity index (χ1) is 18.8. The highest BCUT2D eigenvalue weighted by molar-refractivity contribution is 7.86. The number of nitrogens with one attached hydrogen (secondary N) is 2. The van der Waals surface area contributed by atoms with Gasteiger partial charge in [-0.15, -0.1) is 0 Å². The predicted octanol–water partition coefficient (Wildman–Crippen LogP) is 4.65. The van der Waals surface area contributed by atoms with E-state index in [1.54, 1.807) is 12.1 Å². The second-order valence-electron chi connectivity index (χ2n) is 10.5. The van der Waals surface area contributed by atoms with Crippen LogP contribution < -0.4 is 10.6 Å². The maximum atomic E-state index is 13.7. The third-order valence-electron chi connectivity index (χ3n) is 5.74. The first-order valence-electron chi connectivity index (χ1n) is 12.6. The van der Waals surface area contributed by atoms with Gasteiger partial charge >= 0.3 is 0 Å². The number of halogens is 2. The van der Waals surface area contributed by atoms with Gasteiger partial charge in [-0.3, -0.25) is 18.6 Å². The van der Waals surface area contributed by atoms with Crippen molar-refractivity contribution in [3.05, 3.63) is 101 Å². The van der Waals surface area contributed by atoms with Gasteiger partial charge in [-0.1, -0.05) is 42.0 Å². The number of amides is 3. The third kappa shape index (κ3) is 9.37. The van der Waals surface area contributed by atoms with Gasteiger partial charge in [-0.05, 0) is 75.2 Å². The summed E-state index contributed by atoms with van der Waals surface area (Å²) in [6, 6.07) is 16.7. The first-order valence-corrected chi connectivity index (χ1v) is 14.1. The molecule has 0 aromatic heterocycles. The molecular formula is C30H33F2N3O4S. The average Bonchev–Trinajstić information content (AvgIpc) is 2.86. The lowest BCUT2D eigenvalue weighted by atomic mass is 10.00. The van der Waals surface area contributed by atoms with Crippen molar-refractivity contribution in [1.82, 2.24) is 10.2 Å². The summed E-state index contributed by atoms with van der Waals surface area (Å²) in [7, 11) is -1.92. The van der Waals surface area contributed by atoms with Crippen LogP contribution in [0.25, 0.3) is 0 Å². The Kier molecular flexibility index (Phi) is 10.3. The van der Waals surface area contributed by atoms with Gasteiger partial charge in [0.2, 0.25) is 17.7 Å². The van der Waals surface area contributed by atoms with E-state index in [-0.39, 0.29) is 6.54 Å². The zero-order chi connectivity index (χ0) is 29.4. The number of nitrogens with zero attached hydrogens (tertiary/aromatic N) is 1. The number of anilines is 1. The first kappa shape index (κ1) is 30.6. The van der Waals surface area contributed by atoms with Gasteiger partial charge in [0.1, 0.15) is 29.2 Å². The Morgan fingerprint density at radius 1 is 0.850 bits per heavy atom. The van der Waals surface area contributed by atoms with Crippen molar-refractivity contribution in [2.24, 2.45) is 0 Å². The number of carbonyl (C=O) groups is 3. The van der Waals surface area contributed by atoms with E-state index in [0.717, 1.165) is 5.56 Å². The van der Waals surface area contributed by atoms with Gasteiger partial charge < -0.3 is 15.5 Å². The fourth-order valence-corrected chi connectivity index (χ4v) is 4.83. The normalized spacial score (nSPS) is 12.8. The summed E-state index contributed by atoms with van der Waals surface area (Å²) in [5.74, 6) is -3.58. The van der Waals surface area contributed by atoms with Crippen molar-refractivity contribution in [3.63, 3.8) is 0 Å². The number of benzene rings is 3. The largest absolute Gasteiger partial charge is 0.349 e. The summed E-state index contributed by atoms with van der Waals surface area (Å²) in [5.41, 5.74) is 1.79. The molecule has 0 aliphatic heterocycles. The van der Waals surface area contributed by atoms with Crippen LogP contribution in [0.3, 0.4) is 0 Å². The molecule has 0 aliphatic rings. The number of carbonyl (C=O) groups excluding carboxylic acids is 3. The molecule has 10 heteroatoms. The molecule has 0 saturated heterocycles. The average molecular weight is 570 g/mol. The van der Waals surface area contributed by atoms with Crippen LogP contribution in [0.2, 0.25) is 0 Å². The van der Waals surface area contributed by atoms with E-state index in [9.17, 15) is 27.4 Å². The minimum Gasteiger partial charge on any atom is -0.349 e. The molecule has 0 saturated carbocycles. The van der Waals surface area contributed by atoms with Crippen LogP contribution >= 0.6 is 0 Å². The lowest BCUT2D eigenvalue weighted by molar-refractivity contribution is -0.140. The quantitative estimate of drug-likeness (QED) is 0.372. The van der Waals surface area contributed by atoms with E-state index in [2.05, 4.69) is 10.6 Å². The Balaban J connectivity index is 1.88. The van der Waals surface area contributed by atoms with E-state index in [1.807, 2.05) is 39.8 Å². The number of hydrogen-bond acceptors (Lipinski definition) is 4. The molecule has 0 unspecified atom stereocenters. The molecule has 0 aliphatic carbocycles. The molecular weight excluding hydrogens is 536 g/mol. The van der Waals surface area contributed by atoms with Crippen LogP contribution in [-0.2, 0) is 31.7 Å². The molecule has 3 rings (SSSR count). The Labute approximate surface area is 235 Å². The molecule has 0 spiro atoms. The topological polar surface area (TPSA) is 95.6 Å². The van der Waals surface area contributed by atoms with Gasteiger partial charge in [-0.2, -0.15) is 0 Å². The van der Waals surface area contributed by atoms with E-state index in [1.165, 1.54) is 53.4 Å². The van der Waals surface area contributed by atoms with Gasteiger partial charge in [-0.25, -0.2) is 8.78 Å². The SMILES string of the molecule is Cc1ccc([C@H](C(=O)NC(C)(C)C)N(Cc2ccc(F)cc2)C(=O)C[S@](=O)CC(=O)Nc2ccc(F)cc2)cc1. The van der Waals surface area contributed by atoms with Crippen molar-refractivity contribution in [3.8, 4) is 0 Å². The Morgan fingerprint density at radius 3 is 1.95 bits per heavy atom. The van der Waals surface area contributed by atoms with Crippen molar-refractivity contribution >= 4 is 34.2 Å². The fraction of sp³-hybridized carbons (Fsp3) is 0.300. The zero-order valence-electron chi connectivity index (χ0n) is 22.9.